The Morgan fingerprint density at radius 2 is 1.53 bits per heavy atom. The fourth-order valence-electron chi connectivity index (χ4n) is 5.10. The van der Waals surface area contributed by atoms with E-state index in [1.54, 1.807) is 7.11 Å². The molecule has 110 valence electrons. The first kappa shape index (κ1) is 13.8. The molecule has 5 heteroatoms. The highest BCUT2D eigenvalue weighted by molar-refractivity contribution is 5.30. The summed E-state index contributed by atoms with van der Waals surface area (Å²) in [6.45, 7) is 12.5. The molecular formula is C14H27N3O2. The normalized spacial score (nSPS) is 45.2. The number of rotatable bonds is 2. The Balaban J connectivity index is 1.90. The van der Waals surface area contributed by atoms with Gasteiger partial charge in [0.05, 0.1) is 7.11 Å². The van der Waals surface area contributed by atoms with E-state index < -0.39 is 5.72 Å². The molecule has 1 saturated carbocycles. The monoisotopic (exact) mass is 269 g/mol. The molecule has 19 heavy (non-hydrogen) atoms. The zero-order valence-electron chi connectivity index (χ0n) is 12.7. The molecule has 0 radical (unpaired) electrons. The van der Waals surface area contributed by atoms with Crippen molar-refractivity contribution in [1.82, 2.24) is 15.3 Å². The number of hydrogen-bond donors (Lipinski definition) is 2. The number of piperidine rings is 1. The Hall–Kier alpha value is -0.200. The number of fused-ring (bicyclic) bond motifs is 1. The Labute approximate surface area is 115 Å². The fourth-order valence-corrected chi connectivity index (χ4v) is 5.10. The fraction of sp³-hybridized carbons (Fsp3) is 1.00. The second-order valence-electron chi connectivity index (χ2n) is 7.26. The van der Waals surface area contributed by atoms with Crippen LogP contribution in [0.4, 0.5) is 0 Å². The minimum atomic E-state index is -0.649. The summed E-state index contributed by atoms with van der Waals surface area (Å²) in [6, 6.07) is 0. The number of nitrogens with one attached hydrogen (secondary N) is 1. The molecule has 2 aliphatic heterocycles. The van der Waals surface area contributed by atoms with E-state index in [0.29, 0.717) is 0 Å². The average molecular weight is 269 g/mol. The summed E-state index contributed by atoms with van der Waals surface area (Å²) in [7, 11) is 1.73. The van der Waals surface area contributed by atoms with E-state index in [1.807, 2.05) is 0 Å². The Morgan fingerprint density at radius 3 is 1.95 bits per heavy atom. The first-order chi connectivity index (χ1) is 8.79. The van der Waals surface area contributed by atoms with Gasteiger partial charge < -0.3 is 15.3 Å². The lowest BCUT2D eigenvalue weighted by atomic mass is 9.95. The second kappa shape index (κ2) is 3.92. The maximum absolute atomic E-state index is 11.2. The molecule has 2 atom stereocenters. The van der Waals surface area contributed by atoms with Crippen molar-refractivity contribution in [3.05, 3.63) is 0 Å². The molecule has 2 saturated heterocycles. The van der Waals surface area contributed by atoms with E-state index in [-0.39, 0.29) is 22.9 Å². The van der Waals surface area contributed by atoms with Crippen LogP contribution in [0.5, 0.6) is 0 Å². The molecule has 3 aliphatic rings. The number of piperazine rings is 1. The summed E-state index contributed by atoms with van der Waals surface area (Å²) >= 11 is 0. The summed E-state index contributed by atoms with van der Waals surface area (Å²) in [5.41, 5.74) is -0.921. The standard InChI is InChI=1S/C14H27N3O2/c1-12(2)10-11(13(3,4)17(12)19-5)14(10,18)16-8-6-15-7-9-16/h10-11,15,18H,6-9H2,1-5H3. The van der Waals surface area contributed by atoms with Crippen LogP contribution in [0.2, 0.25) is 0 Å². The topological polar surface area (TPSA) is 48.0 Å². The molecular weight excluding hydrogens is 242 g/mol. The van der Waals surface area contributed by atoms with Crippen molar-refractivity contribution in [3.8, 4) is 0 Å². The van der Waals surface area contributed by atoms with Crippen LogP contribution in [0.3, 0.4) is 0 Å². The molecule has 1 aliphatic carbocycles. The zero-order chi connectivity index (χ0) is 14.1. The molecule has 3 fully saturated rings. The van der Waals surface area contributed by atoms with Crippen molar-refractivity contribution in [2.75, 3.05) is 33.3 Å². The van der Waals surface area contributed by atoms with E-state index in [1.165, 1.54) is 0 Å². The summed E-state index contributed by atoms with van der Waals surface area (Å²) in [4.78, 5) is 7.89. The van der Waals surface area contributed by atoms with Crippen LogP contribution in [0.15, 0.2) is 0 Å². The molecule has 2 N–H and O–H groups in total. The molecule has 0 aromatic rings. The van der Waals surface area contributed by atoms with E-state index in [2.05, 4.69) is 43.0 Å². The molecule has 0 amide bonds. The molecule has 2 heterocycles. The van der Waals surface area contributed by atoms with E-state index in [4.69, 9.17) is 4.84 Å². The van der Waals surface area contributed by atoms with Gasteiger partial charge in [-0.25, -0.2) is 0 Å². The van der Waals surface area contributed by atoms with Gasteiger partial charge in [0.15, 0.2) is 0 Å². The number of nitrogens with zero attached hydrogens (tertiary/aromatic N) is 2. The smallest absolute Gasteiger partial charge is 0.128 e. The van der Waals surface area contributed by atoms with Gasteiger partial charge in [0.1, 0.15) is 5.72 Å². The Morgan fingerprint density at radius 1 is 1.05 bits per heavy atom. The highest BCUT2D eigenvalue weighted by Crippen LogP contribution is 2.70. The van der Waals surface area contributed by atoms with Crippen molar-refractivity contribution >= 4 is 0 Å². The van der Waals surface area contributed by atoms with Gasteiger partial charge in [-0.05, 0) is 27.7 Å². The second-order valence-corrected chi connectivity index (χ2v) is 7.26. The van der Waals surface area contributed by atoms with Crippen molar-refractivity contribution in [2.24, 2.45) is 11.8 Å². The van der Waals surface area contributed by atoms with E-state index in [0.717, 1.165) is 26.2 Å². The number of hydrogen-bond acceptors (Lipinski definition) is 5. The van der Waals surface area contributed by atoms with Crippen molar-refractivity contribution < 1.29 is 9.94 Å². The lowest BCUT2D eigenvalue weighted by molar-refractivity contribution is -0.258. The maximum Gasteiger partial charge on any atom is 0.128 e. The van der Waals surface area contributed by atoms with Crippen LogP contribution in [0.1, 0.15) is 27.7 Å². The predicted octanol–water partition coefficient (Wildman–Crippen LogP) is 0.260. The largest absolute Gasteiger partial charge is 0.375 e. The van der Waals surface area contributed by atoms with Gasteiger partial charge in [-0.15, -0.1) is 0 Å². The Kier molecular flexibility index (Phi) is 2.84. The summed E-state index contributed by atoms with van der Waals surface area (Å²) < 4.78 is 0. The van der Waals surface area contributed by atoms with Gasteiger partial charge in [0.2, 0.25) is 0 Å². The van der Waals surface area contributed by atoms with Gasteiger partial charge in [-0.3, -0.25) is 4.90 Å². The highest BCUT2D eigenvalue weighted by Gasteiger charge is 2.83. The minimum absolute atomic E-state index is 0.136. The van der Waals surface area contributed by atoms with Crippen LogP contribution < -0.4 is 5.32 Å². The third-order valence-electron chi connectivity index (χ3n) is 5.51. The quantitative estimate of drug-likeness (QED) is 0.753. The van der Waals surface area contributed by atoms with Gasteiger partial charge in [0, 0.05) is 49.1 Å². The average Bonchev–Trinajstić information content (AvgIpc) is 2.95. The van der Waals surface area contributed by atoms with E-state index >= 15 is 0 Å². The minimum Gasteiger partial charge on any atom is -0.375 e. The number of aliphatic hydroxyl groups is 1. The molecule has 0 spiro atoms. The highest BCUT2D eigenvalue weighted by atomic mass is 16.7. The lowest BCUT2D eigenvalue weighted by Crippen LogP contribution is -2.61. The van der Waals surface area contributed by atoms with Crippen LogP contribution in [-0.4, -0.2) is 65.2 Å². The molecule has 0 aromatic carbocycles. The third-order valence-corrected chi connectivity index (χ3v) is 5.51. The molecule has 3 rings (SSSR count). The first-order valence-electron chi connectivity index (χ1n) is 7.31. The van der Waals surface area contributed by atoms with Gasteiger partial charge in [-0.2, -0.15) is 5.06 Å². The summed E-state index contributed by atoms with van der Waals surface area (Å²) in [5.74, 6) is 0.515. The van der Waals surface area contributed by atoms with Crippen LogP contribution in [-0.2, 0) is 4.84 Å². The van der Waals surface area contributed by atoms with Crippen LogP contribution in [0.25, 0.3) is 0 Å². The lowest BCUT2D eigenvalue weighted by Gasteiger charge is -2.47. The van der Waals surface area contributed by atoms with Gasteiger partial charge >= 0.3 is 0 Å². The van der Waals surface area contributed by atoms with E-state index in [9.17, 15) is 5.11 Å². The van der Waals surface area contributed by atoms with Crippen molar-refractivity contribution in [1.29, 1.82) is 0 Å². The van der Waals surface area contributed by atoms with Crippen molar-refractivity contribution in [2.45, 2.75) is 44.5 Å². The SMILES string of the molecule is CON1C(C)(C)C2C(C1(C)C)C2(O)N1CCNCC1. The molecule has 5 nitrogen and oxygen atoms in total. The zero-order valence-corrected chi connectivity index (χ0v) is 12.7. The molecule has 2 unspecified atom stereocenters. The first-order valence-corrected chi connectivity index (χ1v) is 7.31. The predicted molar refractivity (Wildman–Crippen MR) is 73.4 cm³/mol. The van der Waals surface area contributed by atoms with Crippen LogP contribution >= 0.6 is 0 Å². The van der Waals surface area contributed by atoms with Gasteiger partial charge in [0.25, 0.3) is 0 Å². The maximum atomic E-state index is 11.2. The third kappa shape index (κ3) is 1.54. The summed E-state index contributed by atoms with van der Waals surface area (Å²) in [6.07, 6.45) is 0. The number of hydroxylamine groups is 2. The molecule has 0 aromatic heterocycles. The Bertz CT molecular complexity index is 355. The van der Waals surface area contributed by atoms with Gasteiger partial charge in [-0.1, -0.05) is 0 Å². The summed E-state index contributed by atoms with van der Waals surface area (Å²) in [5, 5.41) is 16.7. The van der Waals surface area contributed by atoms with Crippen molar-refractivity contribution in [3.63, 3.8) is 0 Å². The molecule has 0 bridgehead atoms. The van der Waals surface area contributed by atoms with Crippen LogP contribution in [0, 0.1) is 11.8 Å².